The standard InChI is InChI=1S/C14H12ClFN2OS/c15-11-2-1-3-13(7-11)20-8-9-4-10(14(17)18-19)6-12(16)5-9/h1-7,19H,8H2,(H2,17,18). The summed E-state index contributed by atoms with van der Waals surface area (Å²) in [6.45, 7) is 0. The molecule has 0 aromatic heterocycles. The summed E-state index contributed by atoms with van der Waals surface area (Å²) in [5, 5.41) is 12.2. The number of oxime groups is 1. The van der Waals surface area contributed by atoms with E-state index in [9.17, 15) is 4.39 Å². The van der Waals surface area contributed by atoms with Crippen LogP contribution in [0.15, 0.2) is 52.5 Å². The summed E-state index contributed by atoms with van der Waals surface area (Å²) in [6.07, 6.45) is 0. The molecule has 0 saturated carbocycles. The molecule has 3 N–H and O–H groups in total. The van der Waals surface area contributed by atoms with Gasteiger partial charge in [-0.3, -0.25) is 0 Å². The molecule has 2 rings (SSSR count). The van der Waals surface area contributed by atoms with Crippen LogP contribution in [0.3, 0.4) is 0 Å². The molecule has 0 aliphatic carbocycles. The van der Waals surface area contributed by atoms with E-state index in [1.165, 1.54) is 23.9 Å². The molecule has 3 nitrogen and oxygen atoms in total. The SMILES string of the molecule is N/C(=N/O)c1cc(F)cc(CSc2cccc(Cl)c2)c1. The van der Waals surface area contributed by atoms with Gasteiger partial charge in [0.15, 0.2) is 5.84 Å². The molecule has 0 spiro atoms. The van der Waals surface area contributed by atoms with E-state index in [4.69, 9.17) is 22.5 Å². The highest BCUT2D eigenvalue weighted by atomic mass is 35.5. The second kappa shape index (κ2) is 6.63. The van der Waals surface area contributed by atoms with Crippen molar-refractivity contribution in [3.05, 3.63) is 64.4 Å². The van der Waals surface area contributed by atoms with Gasteiger partial charge in [0.1, 0.15) is 5.82 Å². The third kappa shape index (κ3) is 3.88. The minimum Gasteiger partial charge on any atom is -0.409 e. The number of hydrogen-bond donors (Lipinski definition) is 2. The number of amidine groups is 1. The molecule has 2 aromatic rings. The van der Waals surface area contributed by atoms with Crippen LogP contribution in [0, 0.1) is 5.82 Å². The average Bonchev–Trinajstić information content (AvgIpc) is 2.44. The second-order valence-electron chi connectivity index (χ2n) is 4.08. The normalized spacial score (nSPS) is 11.6. The molecule has 104 valence electrons. The van der Waals surface area contributed by atoms with E-state index >= 15 is 0 Å². The van der Waals surface area contributed by atoms with Crippen LogP contribution < -0.4 is 5.73 Å². The van der Waals surface area contributed by atoms with Crippen molar-refractivity contribution < 1.29 is 9.60 Å². The number of thioether (sulfide) groups is 1. The third-order valence-corrected chi connectivity index (χ3v) is 3.86. The molecule has 6 heteroatoms. The van der Waals surface area contributed by atoms with Gasteiger partial charge in [-0.1, -0.05) is 22.8 Å². The van der Waals surface area contributed by atoms with Gasteiger partial charge >= 0.3 is 0 Å². The second-order valence-corrected chi connectivity index (χ2v) is 5.56. The van der Waals surface area contributed by atoms with Gasteiger partial charge < -0.3 is 10.9 Å². The monoisotopic (exact) mass is 310 g/mol. The maximum absolute atomic E-state index is 13.5. The fourth-order valence-electron chi connectivity index (χ4n) is 1.66. The van der Waals surface area contributed by atoms with Gasteiger partial charge in [-0.05, 0) is 42.0 Å². The zero-order chi connectivity index (χ0) is 14.5. The summed E-state index contributed by atoms with van der Waals surface area (Å²) in [5.74, 6) is 0.0263. The lowest BCUT2D eigenvalue weighted by Gasteiger charge is -2.06. The summed E-state index contributed by atoms with van der Waals surface area (Å²) in [7, 11) is 0. The third-order valence-electron chi connectivity index (χ3n) is 2.56. The van der Waals surface area contributed by atoms with Gasteiger partial charge in [-0.15, -0.1) is 11.8 Å². The predicted octanol–water partition coefficient (Wildman–Crippen LogP) is 3.87. The fourth-order valence-corrected chi connectivity index (χ4v) is 2.80. The maximum atomic E-state index is 13.5. The first-order valence-corrected chi connectivity index (χ1v) is 7.10. The lowest BCUT2D eigenvalue weighted by molar-refractivity contribution is 0.318. The molecular formula is C14H12ClFN2OS. The smallest absolute Gasteiger partial charge is 0.170 e. The van der Waals surface area contributed by atoms with Crippen molar-refractivity contribution in [1.82, 2.24) is 0 Å². The molecule has 0 aliphatic heterocycles. The Bertz CT molecular complexity index is 649. The first-order chi connectivity index (χ1) is 9.58. The van der Waals surface area contributed by atoms with Crippen LogP contribution in [-0.4, -0.2) is 11.0 Å². The Hall–Kier alpha value is -1.72. The van der Waals surface area contributed by atoms with Gasteiger partial charge in [0, 0.05) is 21.2 Å². The quantitative estimate of drug-likeness (QED) is 0.296. The molecular weight excluding hydrogens is 299 g/mol. The van der Waals surface area contributed by atoms with Gasteiger partial charge in [0.05, 0.1) is 0 Å². The first kappa shape index (κ1) is 14.7. The summed E-state index contributed by atoms with van der Waals surface area (Å²) >= 11 is 7.43. The predicted molar refractivity (Wildman–Crippen MR) is 79.9 cm³/mol. The Morgan fingerprint density at radius 2 is 2.10 bits per heavy atom. The van der Waals surface area contributed by atoms with Gasteiger partial charge in [0.2, 0.25) is 0 Å². The Morgan fingerprint density at radius 1 is 1.30 bits per heavy atom. The maximum Gasteiger partial charge on any atom is 0.170 e. The molecule has 2 aromatic carbocycles. The Kier molecular flexibility index (Phi) is 4.87. The zero-order valence-electron chi connectivity index (χ0n) is 10.4. The van der Waals surface area contributed by atoms with Crippen LogP contribution in [0.5, 0.6) is 0 Å². The molecule has 0 atom stereocenters. The summed E-state index contributed by atoms with van der Waals surface area (Å²) < 4.78 is 13.5. The van der Waals surface area contributed by atoms with Crippen molar-refractivity contribution in [2.75, 3.05) is 0 Å². The number of hydrogen-bond acceptors (Lipinski definition) is 3. The van der Waals surface area contributed by atoms with E-state index < -0.39 is 5.82 Å². The Morgan fingerprint density at radius 3 is 2.80 bits per heavy atom. The summed E-state index contributed by atoms with van der Waals surface area (Å²) in [4.78, 5) is 0.993. The van der Waals surface area contributed by atoms with Crippen molar-refractivity contribution in [3.63, 3.8) is 0 Å². The Balaban J connectivity index is 2.15. The fraction of sp³-hybridized carbons (Fsp3) is 0.0714. The molecule has 0 fully saturated rings. The van der Waals surface area contributed by atoms with Gasteiger partial charge in [-0.2, -0.15) is 0 Å². The zero-order valence-corrected chi connectivity index (χ0v) is 12.0. The number of nitrogens with zero attached hydrogens (tertiary/aromatic N) is 1. The van der Waals surface area contributed by atoms with E-state index in [2.05, 4.69) is 5.16 Å². The average molecular weight is 311 g/mol. The van der Waals surface area contributed by atoms with E-state index in [-0.39, 0.29) is 5.84 Å². The minimum absolute atomic E-state index is 0.112. The van der Waals surface area contributed by atoms with Crippen molar-refractivity contribution in [3.8, 4) is 0 Å². The van der Waals surface area contributed by atoms with Gasteiger partial charge in [-0.25, -0.2) is 4.39 Å². The van der Waals surface area contributed by atoms with Crippen LogP contribution in [0.4, 0.5) is 4.39 Å². The lowest BCUT2D eigenvalue weighted by atomic mass is 10.1. The molecule has 20 heavy (non-hydrogen) atoms. The van der Waals surface area contributed by atoms with Crippen LogP contribution in [0.25, 0.3) is 0 Å². The molecule has 0 radical (unpaired) electrons. The van der Waals surface area contributed by atoms with E-state index in [0.29, 0.717) is 16.3 Å². The number of benzene rings is 2. The Labute approximate surface area is 125 Å². The van der Waals surface area contributed by atoms with Crippen molar-refractivity contribution in [1.29, 1.82) is 0 Å². The largest absolute Gasteiger partial charge is 0.409 e. The summed E-state index contributed by atoms with van der Waals surface area (Å²) in [6, 6.07) is 11.8. The molecule has 0 heterocycles. The first-order valence-electron chi connectivity index (χ1n) is 5.74. The molecule has 0 amide bonds. The van der Waals surface area contributed by atoms with E-state index in [1.807, 2.05) is 18.2 Å². The van der Waals surface area contributed by atoms with Crippen molar-refractivity contribution >= 4 is 29.2 Å². The highest BCUT2D eigenvalue weighted by Gasteiger charge is 2.05. The molecule has 0 aliphatic rings. The minimum atomic E-state index is -0.421. The van der Waals surface area contributed by atoms with E-state index in [1.54, 1.807) is 12.1 Å². The number of nitrogens with two attached hydrogens (primary N) is 1. The molecule has 0 saturated heterocycles. The van der Waals surface area contributed by atoms with Gasteiger partial charge in [0.25, 0.3) is 0 Å². The highest BCUT2D eigenvalue weighted by molar-refractivity contribution is 7.98. The van der Waals surface area contributed by atoms with Crippen LogP contribution in [0.1, 0.15) is 11.1 Å². The van der Waals surface area contributed by atoms with Crippen LogP contribution in [-0.2, 0) is 5.75 Å². The highest BCUT2D eigenvalue weighted by Crippen LogP contribution is 2.25. The van der Waals surface area contributed by atoms with Crippen molar-refractivity contribution in [2.24, 2.45) is 10.9 Å². The van der Waals surface area contributed by atoms with E-state index in [0.717, 1.165) is 10.5 Å². The van der Waals surface area contributed by atoms with Crippen LogP contribution >= 0.6 is 23.4 Å². The molecule has 0 unspecified atom stereocenters. The topological polar surface area (TPSA) is 58.6 Å². The number of halogens is 2. The summed E-state index contributed by atoms with van der Waals surface area (Å²) in [5.41, 5.74) is 6.57. The molecule has 0 bridgehead atoms. The lowest BCUT2D eigenvalue weighted by Crippen LogP contribution is -2.13. The van der Waals surface area contributed by atoms with Crippen molar-refractivity contribution in [2.45, 2.75) is 10.6 Å². The van der Waals surface area contributed by atoms with Crippen LogP contribution in [0.2, 0.25) is 5.02 Å². The number of rotatable bonds is 4.